The van der Waals surface area contributed by atoms with E-state index in [9.17, 15) is 0 Å². The van der Waals surface area contributed by atoms with Gasteiger partial charge < -0.3 is 5.32 Å². The fourth-order valence-electron chi connectivity index (χ4n) is 3.08. The van der Waals surface area contributed by atoms with Crippen LogP contribution >= 0.6 is 40.7 Å². The summed E-state index contributed by atoms with van der Waals surface area (Å²) in [7, 11) is 0. The van der Waals surface area contributed by atoms with Gasteiger partial charge in [0.25, 0.3) is 0 Å². The Hall–Kier alpha value is 0.130. The lowest BCUT2D eigenvalue weighted by Crippen LogP contribution is -2.48. The van der Waals surface area contributed by atoms with E-state index in [0.717, 1.165) is 36.7 Å². The molecule has 1 aromatic heterocycles. The zero-order valence-corrected chi connectivity index (χ0v) is 14.6. The summed E-state index contributed by atoms with van der Waals surface area (Å²) in [5.74, 6) is 0.823. The first-order chi connectivity index (χ1) is 8.86. The molecule has 1 saturated carbocycles. The van der Waals surface area contributed by atoms with E-state index in [1.807, 2.05) is 6.20 Å². The largest absolute Gasteiger partial charge is 0.314 e. The predicted octanol–water partition coefficient (Wildman–Crippen LogP) is 3.43. The second kappa shape index (κ2) is 8.54. The van der Waals surface area contributed by atoms with Crippen LogP contribution < -0.4 is 5.32 Å². The van der Waals surface area contributed by atoms with Crippen molar-refractivity contribution < 1.29 is 0 Å². The van der Waals surface area contributed by atoms with Crippen molar-refractivity contribution in [3.63, 3.8) is 0 Å². The van der Waals surface area contributed by atoms with Crippen molar-refractivity contribution in [2.75, 3.05) is 26.2 Å². The number of hydrogen-bond donors (Lipinski definition) is 1. The van der Waals surface area contributed by atoms with Crippen LogP contribution in [0, 0.1) is 5.92 Å². The zero-order valence-electron chi connectivity index (χ0n) is 11.4. The summed E-state index contributed by atoms with van der Waals surface area (Å²) in [6, 6.07) is 4.86. The van der Waals surface area contributed by atoms with Gasteiger partial charge in [0, 0.05) is 44.0 Å². The maximum Gasteiger partial charge on any atom is 0.110 e. The minimum Gasteiger partial charge on any atom is -0.314 e. The number of halogens is 3. The normalized spacial score (nSPS) is 21.2. The standard InChI is InChI=1S/C14H20BrN3.2ClH/c15-14-12(5-2-6-17-14)13(11-3-1-4-11)18-9-7-16-8-10-18;;/h2,5-6,11,13,16H,1,3-4,7-10H2;2*1H/t13-;;/m0../s1. The summed E-state index contributed by atoms with van der Waals surface area (Å²) in [6.45, 7) is 4.53. The molecule has 0 bridgehead atoms. The van der Waals surface area contributed by atoms with Gasteiger partial charge in [-0.25, -0.2) is 4.98 Å². The maximum absolute atomic E-state index is 4.41. The van der Waals surface area contributed by atoms with Crippen molar-refractivity contribution in [3.05, 3.63) is 28.5 Å². The Kier molecular flexibility index (Phi) is 7.77. The lowest BCUT2D eigenvalue weighted by atomic mass is 9.76. The van der Waals surface area contributed by atoms with Crippen LogP contribution in [0.2, 0.25) is 0 Å². The molecule has 3 rings (SSSR count). The molecule has 0 amide bonds. The summed E-state index contributed by atoms with van der Waals surface area (Å²) < 4.78 is 1.03. The van der Waals surface area contributed by atoms with Crippen molar-refractivity contribution in [1.82, 2.24) is 15.2 Å². The Morgan fingerprint density at radius 1 is 1.25 bits per heavy atom. The second-order valence-electron chi connectivity index (χ2n) is 5.31. The van der Waals surface area contributed by atoms with Gasteiger partial charge in [-0.15, -0.1) is 24.8 Å². The molecule has 3 nitrogen and oxygen atoms in total. The molecule has 20 heavy (non-hydrogen) atoms. The minimum atomic E-state index is 0. The van der Waals surface area contributed by atoms with E-state index >= 15 is 0 Å². The first kappa shape index (κ1) is 18.2. The highest BCUT2D eigenvalue weighted by molar-refractivity contribution is 9.10. The van der Waals surface area contributed by atoms with Gasteiger partial charge in [-0.2, -0.15) is 0 Å². The Labute approximate surface area is 141 Å². The van der Waals surface area contributed by atoms with E-state index < -0.39 is 0 Å². The zero-order chi connectivity index (χ0) is 12.4. The molecule has 2 heterocycles. The third-order valence-corrected chi connectivity index (χ3v) is 4.91. The molecule has 1 aliphatic carbocycles. The van der Waals surface area contributed by atoms with Gasteiger partial charge in [-0.05, 0) is 40.8 Å². The van der Waals surface area contributed by atoms with Gasteiger partial charge in [0.05, 0.1) is 0 Å². The lowest BCUT2D eigenvalue weighted by molar-refractivity contribution is 0.0830. The molecule has 1 aliphatic heterocycles. The van der Waals surface area contributed by atoms with E-state index in [0.29, 0.717) is 6.04 Å². The van der Waals surface area contributed by atoms with Gasteiger partial charge in [0.2, 0.25) is 0 Å². The average Bonchev–Trinajstić information content (AvgIpc) is 2.36. The summed E-state index contributed by atoms with van der Waals surface area (Å²) >= 11 is 3.63. The maximum atomic E-state index is 4.41. The van der Waals surface area contributed by atoms with Gasteiger partial charge >= 0.3 is 0 Å². The Morgan fingerprint density at radius 2 is 1.95 bits per heavy atom. The van der Waals surface area contributed by atoms with Gasteiger partial charge in [0.15, 0.2) is 0 Å². The van der Waals surface area contributed by atoms with Gasteiger partial charge in [0.1, 0.15) is 4.60 Å². The van der Waals surface area contributed by atoms with Crippen LogP contribution in [-0.2, 0) is 0 Å². The molecule has 0 unspecified atom stereocenters. The first-order valence-electron chi connectivity index (χ1n) is 6.91. The second-order valence-corrected chi connectivity index (χ2v) is 6.06. The van der Waals surface area contributed by atoms with E-state index in [2.05, 4.69) is 43.3 Å². The highest BCUT2D eigenvalue weighted by atomic mass is 79.9. The molecule has 1 saturated heterocycles. The fraction of sp³-hybridized carbons (Fsp3) is 0.643. The molecule has 0 radical (unpaired) electrons. The molecule has 1 atom stereocenters. The third kappa shape index (κ3) is 3.86. The predicted molar refractivity (Wildman–Crippen MR) is 91.0 cm³/mol. The van der Waals surface area contributed by atoms with Crippen LogP contribution in [0.5, 0.6) is 0 Å². The summed E-state index contributed by atoms with van der Waals surface area (Å²) in [6.07, 6.45) is 6.00. The summed E-state index contributed by atoms with van der Waals surface area (Å²) in [5, 5.41) is 3.44. The fourth-order valence-corrected chi connectivity index (χ4v) is 3.57. The van der Waals surface area contributed by atoms with E-state index in [4.69, 9.17) is 0 Å². The van der Waals surface area contributed by atoms with Crippen molar-refractivity contribution in [2.24, 2.45) is 5.92 Å². The Bertz CT molecular complexity index is 409. The SMILES string of the molecule is Brc1ncccc1[C@H](C1CCC1)N1CCNCC1.Cl.Cl. The number of rotatable bonds is 3. The van der Waals surface area contributed by atoms with Crippen molar-refractivity contribution in [2.45, 2.75) is 25.3 Å². The van der Waals surface area contributed by atoms with Crippen LogP contribution in [0.1, 0.15) is 30.9 Å². The highest BCUT2D eigenvalue weighted by Crippen LogP contribution is 2.42. The van der Waals surface area contributed by atoms with E-state index in [1.54, 1.807) is 0 Å². The molecular formula is C14H22BrCl2N3. The van der Waals surface area contributed by atoms with Gasteiger partial charge in [-0.3, -0.25) is 4.90 Å². The molecule has 1 aromatic rings. The van der Waals surface area contributed by atoms with Crippen LogP contribution in [0.15, 0.2) is 22.9 Å². The molecule has 2 aliphatic rings. The smallest absolute Gasteiger partial charge is 0.110 e. The number of hydrogen-bond acceptors (Lipinski definition) is 3. The van der Waals surface area contributed by atoms with Gasteiger partial charge in [-0.1, -0.05) is 12.5 Å². The molecule has 6 heteroatoms. The van der Waals surface area contributed by atoms with E-state index in [-0.39, 0.29) is 24.8 Å². The molecule has 114 valence electrons. The number of aromatic nitrogens is 1. The molecule has 0 aromatic carbocycles. The molecular weight excluding hydrogens is 361 g/mol. The summed E-state index contributed by atoms with van der Waals surface area (Å²) in [5.41, 5.74) is 1.38. The molecule has 2 fully saturated rings. The lowest BCUT2D eigenvalue weighted by Gasteiger charge is -2.43. The number of pyridine rings is 1. The van der Waals surface area contributed by atoms with Crippen molar-refractivity contribution in [3.8, 4) is 0 Å². The van der Waals surface area contributed by atoms with Crippen LogP contribution in [0.3, 0.4) is 0 Å². The topological polar surface area (TPSA) is 28.2 Å². The van der Waals surface area contributed by atoms with Crippen LogP contribution in [0.25, 0.3) is 0 Å². The monoisotopic (exact) mass is 381 g/mol. The quantitative estimate of drug-likeness (QED) is 0.811. The minimum absolute atomic E-state index is 0. The summed E-state index contributed by atoms with van der Waals surface area (Å²) in [4.78, 5) is 7.05. The molecule has 1 N–H and O–H groups in total. The Balaban J connectivity index is 0.000001000. The Morgan fingerprint density at radius 3 is 2.50 bits per heavy atom. The van der Waals surface area contributed by atoms with Crippen LogP contribution in [-0.4, -0.2) is 36.1 Å². The third-order valence-electron chi connectivity index (χ3n) is 4.25. The number of nitrogens with one attached hydrogen (secondary N) is 1. The van der Waals surface area contributed by atoms with Crippen LogP contribution in [0.4, 0.5) is 0 Å². The molecule has 0 spiro atoms. The highest BCUT2D eigenvalue weighted by Gasteiger charge is 2.34. The van der Waals surface area contributed by atoms with Crippen molar-refractivity contribution in [1.29, 1.82) is 0 Å². The van der Waals surface area contributed by atoms with E-state index in [1.165, 1.54) is 24.8 Å². The number of nitrogens with zero attached hydrogens (tertiary/aromatic N) is 2. The number of piperazine rings is 1. The van der Waals surface area contributed by atoms with Crippen molar-refractivity contribution >= 4 is 40.7 Å². The first-order valence-corrected chi connectivity index (χ1v) is 7.71. The average molecular weight is 383 g/mol.